The number of carbonyl (C=O) groups excluding carboxylic acids is 2. The Kier molecular flexibility index (Phi) is 5.81. The van der Waals surface area contributed by atoms with Crippen LogP contribution in [-0.4, -0.2) is 31.5 Å². The van der Waals surface area contributed by atoms with E-state index in [1.165, 1.54) is 0 Å². The van der Waals surface area contributed by atoms with Gasteiger partial charge in [-0.2, -0.15) is 0 Å². The van der Waals surface area contributed by atoms with Gasteiger partial charge in [0, 0.05) is 19.5 Å². The van der Waals surface area contributed by atoms with Crippen LogP contribution < -0.4 is 15.0 Å². The van der Waals surface area contributed by atoms with Crippen LogP contribution in [0.1, 0.15) is 38.2 Å². The number of amides is 2. The minimum Gasteiger partial charge on any atom is -0.482 e. The molecular weight excluding hydrogens is 280 g/mol. The quantitative estimate of drug-likeness (QED) is 0.787. The molecule has 5 heteroatoms. The van der Waals surface area contributed by atoms with Crippen molar-refractivity contribution in [1.82, 2.24) is 5.32 Å². The molecule has 22 heavy (non-hydrogen) atoms. The third kappa shape index (κ3) is 4.23. The third-order valence-electron chi connectivity index (χ3n) is 3.70. The first-order valence-corrected chi connectivity index (χ1v) is 7.92. The fraction of sp³-hybridized carbons (Fsp3) is 0.529. The predicted molar refractivity (Wildman–Crippen MR) is 86.2 cm³/mol. The Labute approximate surface area is 131 Å². The van der Waals surface area contributed by atoms with Crippen LogP contribution in [0, 0.1) is 6.92 Å². The normalized spacial score (nSPS) is 13.5. The average molecular weight is 304 g/mol. The topological polar surface area (TPSA) is 58.6 Å². The molecule has 0 saturated heterocycles. The van der Waals surface area contributed by atoms with Gasteiger partial charge < -0.3 is 15.0 Å². The van der Waals surface area contributed by atoms with Crippen LogP contribution in [-0.2, 0) is 9.59 Å². The van der Waals surface area contributed by atoms with Gasteiger partial charge in [0.25, 0.3) is 5.91 Å². The second-order valence-electron chi connectivity index (χ2n) is 5.61. The molecule has 0 bridgehead atoms. The van der Waals surface area contributed by atoms with E-state index >= 15 is 0 Å². The zero-order valence-electron chi connectivity index (χ0n) is 13.4. The third-order valence-corrected chi connectivity index (χ3v) is 3.70. The Morgan fingerprint density at radius 1 is 1.36 bits per heavy atom. The molecule has 0 aliphatic carbocycles. The summed E-state index contributed by atoms with van der Waals surface area (Å²) in [7, 11) is 0. The molecule has 0 unspecified atom stereocenters. The number of ether oxygens (including phenoxy) is 1. The van der Waals surface area contributed by atoms with Crippen molar-refractivity contribution in [3.63, 3.8) is 0 Å². The highest BCUT2D eigenvalue weighted by atomic mass is 16.5. The van der Waals surface area contributed by atoms with E-state index in [1.54, 1.807) is 4.90 Å². The Hall–Kier alpha value is -2.04. The van der Waals surface area contributed by atoms with Crippen molar-refractivity contribution in [1.29, 1.82) is 0 Å². The maximum Gasteiger partial charge on any atom is 0.265 e. The van der Waals surface area contributed by atoms with E-state index in [0.717, 1.165) is 36.4 Å². The van der Waals surface area contributed by atoms with Gasteiger partial charge >= 0.3 is 0 Å². The number of fused-ring (bicyclic) bond motifs is 1. The molecule has 2 rings (SSSR count). The van der Waals surface area contributed by atoms with Crippen molar-refractivity contribution in [3.05, 3.63) is 23.8 Å². The summed E-state index contributed by atoms with van der Waals surface area (Å²) in [6.45, 7) is 5.42. The summed E-state index contributed by atoms with van der Waals surface area (Å²) in [6.07, 6.45) is 3.16. The molecule has 1 aliphatic rings. The summed E-state index contributed by atoms with van der Waals surface area (Å²) in [6, 6.07) is 5.81. The molecule has 1 aliphatic heterocycles. The number of nitrogens with zero attached hydrogens (tertiary/aromatic N) is 1. The first-order chi connectivity index (χ1) is 10.6. The maximum atomic E-state index is 12.0. The highest BCUT2D eigenvalue weighted by Gasteiger charge is 2.25. The smallest absolute Gasteiger partial charge is 0.265 e. The number of carbonyl (C=O) groups is 2. The van der Waals surface area contributed by atoms with Gasteiger partial charge in [-0.1, -0.05) is 19.4 Å². The van der Waals surface area contributed by atoms with E-state index in [-0.39, 0.29) is 18.4 Å². The minimum absolute atomic E-state index is 0.0530. The van der Waals surface area contributed by atoms with Crippen molar-refractivity contribution in [2.75, 3.05) is 24.6 Å². The van der Waals surface area contributed by atoms with Gasteiger partial charge in [0.15, 0.2) is 6.61 Å². The molecule has 1 aromatic rings. The van der Waals surface area contributed by atoms with Gasteiger partial charge in [0.05, 0.1) is 5.69 Å². The van der Waals surface area contributed by atoms with E-state index in [9.17, 15) is 9.59 Å². The summed E-state index contributed by atoms with van der Waals surface area (Å²) in [4.78, 5) is 25.4. The average Bonchev–Trinajstić information content (AvgIpc) is 2.50. The zero-order valence-corrected chi connectivity index (χ0v) is 13.4. The van der Waals surface area contributed by atoms with E-state index in [2.05, 4.69) is 12.2 Å². The molecule has 0 saturated carbocycles. The molecule has 0 aromatic heterocycles. The number of hydrogen-bond acceptors (Lipinski definition) is 3. The van der Waals surface area contributed by atoms with Crippen molar-refractivity contribution in [3.8, 4) is 5.75 Å². The number of benzene rings is 1. The minimum atomic E-state index is -0.0530. The summed E-state index contributed by atoms with van der Waals surface area (Å²) in [5.41, 5.74) is 1.90. The predicted octanol–water partition coefficient (Wildman–Crippen LogP) is 2.42. The van der Waals surface area contributed by atoms with Crippen LogP contribution in [0.3, 0.4) is 0 Å². The number of hydrogen-bond donors (Lipinski definition) is 1. The fourth-order valence-electron chi connectivity index (χ4n) is 2.45. The SMILES string of the molecule is CCCCNC(=O)CCCN1C(=O)COc2cc(C)ccc21. The molecule has 1 aromatic carbocycles. The van der Waals surface area contributed by atoms with Crippen LogP contribution in [0.2, 0.25) is 0 Å². The highest BCUT2D eigenvalue weighted by Crippen LogP contribution is 2.32. The summed E-state index contributed by atoms with van der Waals surface area (Å²) < 4.78 is 5.47. The summed E-state index contributed by atoms with van der Waals surface area (Å²) in [5, 5.41) is 2.89. The van der Waals surface area contributed by atoms with Crippen molar-refractivity contribution >= 4 is 17.5 Å². The van der Waals surface area contributed by atoms with E-state index in [4.69, 9.17) is 4.74 Å². The van der Waals surface area contributed by atoms with Gasteiger partial charge in [0.2, 0.25) is 5.91 Å². The highest BCUT2D eigenvalue weighted by molar-refractivity contribution is 5.97. The molecule has 0 radical (unpaired) electrons. The molecule has 120 valence electrons. The van der Waals surface area contributed by atoms with Gasteiger partial charge in [-0.15, -0.1) is 0 Å². The van der Waals surface area contributed by atoms with Crippen LogP contribution >= 0.6 is 0 Å². The lowest BCUT2D eigenvalue weighted by atomic mass is 10.1. The Bertz CT molecular complexity index is 543. The Morgan fingerprint density at radius 3 is 2.95 bits per heavy atom. The number of nitrogens with one attached hydrogen (secondary N) is 1. The monoisotopic (exact) mass is 304 g/mol. The van der Waals surface area contributed by atoms with Crippen LogP contribution in [0.5, 0.6) is 5.75 Å². The summed E-state index contributed by atoms with van der Waals surface area (Å²) >= 11 is 0. The van der Waals surface area contributed by atoms with Gasteiger partial charge in [-0.3, -0.25) is 9.59 Å². The first kappa shape index (κ1) is 16.3. The lowest BCUT2D eigenvalue weighted by molar-refractivity contribution is -0.122. The molecule has 1 heterocycles. The van der Waals surface area contributed by atoms with Crippen molar-refractivity contribution < 1.29 is 14.3 Å². The Morgan fingerprint density at radius 2 is 2.18 bits per heavy atom. The number of aryl methyl sites for hydroxylation is 1. The molecule has 0 fully saturated rings. The van der Waals surface area contributed by atoms with Crippen molar-refractivity contribution in [2.45, 2.75) is 39.5 Å². The second kappa shape index (κ2) is 7.82. The molecule has 0 atom stereocenters. The molecular formula is C17H24N2O3. The number of anilines is 1. The standard InChI is InChI=1S/C17H24N2O3/c1-3-4-9-18-16(20)6-5-10-19-14-8-7-13(2)11-15(14)22-12-17(19)21/h7-8,11H,3-6,9-10,12H2,1-2H3,(H,18,20). The molecule has 1 N–H and O–H groups in total. The van der Waals surface area contributed by atoms with Gasteiger partial charge in [0.1, 0.15) is 5.75 Å². The van der Waals surface area contributed by atoms with Crippen molar-refractivity contribution in [2.24, 2.45) is 0 Å². The fourth-order valence-corrected chi connectivity index (χ4v) is 2.45. The molecule has 0 spiro atoms. The molecule has 2 amide bonds. The number of unbranched alkanes of at least 4 members (excludes halogenated alkanes) is 1. The van der Waals surface area contributed by atoms with E-state index in [1.807, 2.05) is 25.1 Å². The summed E-state index contributed by atoms with van der Waals surface area (Å²) in [5.74, 6) is 0.744. The largest absolute Gasteiger partial charge is 0.482 e. The first-order valence-electron chi connectivity index (χ1n) is 7.92. The van der Waals surface area contributed by atoms with E-state index in [0.29, 0.717) is 19.4 Å². The molecule has 5 nitrogen and oxygen atoms in total. The lowest BCUT2D eigenvalue weighted by Gasteiger charge is -2.29. The van der Waals surface area contributed by atoms with Crippen LogP contribution in [0.15, 0.2) is 18.2 Å². The Balaban J connectivity index is 1.87. The zero-order chi connectivity index (χ0) is 15.9. The van der Waals surface area contributed by atoms with Gasteiger partial charge in [-0.25, -0.2) is 0 Å². The lowest BCUT2D eigenvalue weighted by Crippen LogP contribution is -2.39. The maximum absolute atomic E-state index is 12.0. The number of rotatable bonds is 7. The van der Waals surface area contributed by atoms with E-state index < -0.39 is 0 Å². The van der Waals surface area contributed by atoms with Crippen LogP contribution in [0.25, 0.3) is 0 Å². The second-order valence-corrected chi connectivity index (χ2v) is 5.61. The van der Waals surface area contributed by atoms with Crippen LogP contribution in [0.4, 0.5) is 5.69 Å². The van der Waals surface area contributed by atoms with Gasteiger partial charge in [-0.05, 0) is 37.5 Å².